The fraction of sp³-hybridized carbons (Fsp3) is 0.458. The zero-order valence-corrected chi connectivity index (χ0v) is 20.4. The van der Waals surface area contributed by atoms with Gasteiger partial charge in [-0.05, 0) is 56.7 Å². The lowest BCUT2D eigenvalue weighted by Gasteiger charge is -2.35. The maximum absolute atomic E-state index is 12.8. The van der Waals surface area contributed by atoms with Crippen LogP contribution in [0.5, 0.6) is 11.5 Å². The molecule has 0 radical (unpaired) electrons. The predicted molar refractivity (Wildman–Crippen MR) is 130 cm³/mol. The van der Waals surface area contributed by atoms with Crippen molar-refractivity contribution in [2.24, 2.45) is 0 Å². The van der Waals surface area contributed by atoms with E-state index in [0.29, 0.717) is 56.5 Å². The van der Waals surface area contributed by atoms with Crippen LogP contribution >= 0.6 is 0 Å². The van der Waals surface area contributed by atoms with E-state index in [1.807, 2.05) is 39.0 Å². The third-order valence-electron chi connectivity index (χ3n) is 5.45. The Morgan fingerprint density at radius 3 is 2.33 bits per heavy atom. The van der Waals surface area contributed by atoms with Gasteiger partial charge in [-0.3, -0.25) is 4.79 Å². The normalized spacial score (nSPS) is 14.7. The molecule has 8 nitrogen and oxygen atoms in total. The standard InChI is InChI=1S/C24H33N3O5S/c1-4-31-22-10-9-20(18-23(22)32-5-2)24(28)25-11-16-33(29,30)27-14-12-26(13-15-27)21-8-6-7-19(3)17-21/h6-10,17-18H,4-5,11-16H2,1-3H3,(H,25,28). The van der Waals surface area contributed by atoms with E-state index in [-0.39, 0.29) is 18.2 Å². The number of aryl methyl sites for hydroxylation is 1. The van der Waals surface area contributed by atoms with Gasteiger partial charge >= 0.3 is 0 Å². The molecule has 1 fully saturated rings. The SMILES string of the molecule is CCOc1ccc(C(=O)NCCS(=O)(=O)N2CCN(c3cccc(C)c3)CC2)cc1OCC. The fourth-order valence-corrected chi connectivity index (χ4v) is 5.10. The highest BCUT2D eigenvalue weighted by Crippen LogP contribution is 2.28. The molecular formula is C24H33N3O5S. The van der Waals surface area contributed by atoms with Crippen molar-refractivity contribution in [1.82, 2.24) is 9.62 Å². The average molecular weight is 476 g/mol. The summed E-state index contributed by atoms with van der Waals surface area (Å²) in [6.45, 7) is 8.89. The molecule has 0 unspecified atom stereocenters. The third kappa shape index (κ3) is 6.61. The Kier molecular flexibility index (Phi) is 8.57. The second-order valence-corrected chi connectivity index (χ2v) is 9.91. The maximum Gasteiger partial charge on any atom is 0.251 e. The fourth-order valence-electron chi connectivity index (χ4n) is 3.77. The van der Waals surface area contributed by atoms with Crippen LogP contribution in [0, 0.1) is 6.92 Å². The maximum atomic E-state index is 12.8. The Morgan fingerprint density at radius 2 is 1.67 bits per heavy atom. The van der Waals surface area contributed by atoms with Crippen LogP contribution in [-0.2, 0) is 10.0 Å². The molecule has 0 atom stereocenters. The summed E-state index contributed by atoms with van der Waals surface area (Å²) in [7, 11) is -3.46. The van der Waals surface area contributed by atoms with Crippen molar-refractivity contribution < 1.29 is 22.7 Å². The molecule has 1 amide bonds. The number of carbonyl (C=O) groups excluding carboxylic acids is 1. The summed E-state index contributed by atoms with van der Waals surface area (Å²) in [4.78, 5) is 14.7. The number of anilines is 1. The molecule has 2 aromatic carbocycles. The van der Waals surface area contributed by atoms with Crippen LogP contribution in [0.15, 0.2) is 42.5 Å². The molecule has 0 spiro atoms. The summed E-state index contributed by atoms with van der Waals surface area (Å²) in [5.41, 5.74) is 2.69. The number of hydrogen-bond donors (Lipinski definition) is 1. The van der Waals surface area contributed by atoms with Gasteiger partial charge in [-0.25, -0.2) is 8.42 Å². The number of piperazine rings is 1. The van der Waals surface area contributed by atoms with E-state index in [4.69, 9.17) is 9.47 Å². The molecule has 2 aromatic rings. The van der Waals surface area contributed by atoms with E-state index < -0.39 is 10.0 Å². The molecule has 1 aliphatic heterocycles. The zero-order chi connectivity index (χ0) is 23.8. The van der Waals surface area contributed by atoms with Gasteiger partial charge in [-0.1, -0.05) is 12.1 Å². The van der Waals surface area contributed by atoms with Crippen LogP contribution in [0.2, 0.25) is 0 Å². The molecule has 1 heterocycles. The smallest absolute Gasteiger partial charge is 0.251 e. The lowest BCUT2D eigenvalue weighted by Crippen LogP contribution is -2.50. The lowest BCUT2D eigenvalue weighted by molar-refractivity contribution is 0.0955. The predicted octanol–water partition coefficient (Wildman–Crippen LogP) is 2.67. The van der Waals surface area contributed by atoms with Crippen LogP contribution in [0.3, 0.4) is 0 Å². The summed E-state index contributed by atoms with van der Waals surface area (Å²) in [6, 6.07) is 13.2. The van der Waals surface area contributed by atoms with Crippen molar-refractivity contribution >= 4 is 21.6 Å². The molecule has 0 bridgehead atoms. The highest BCUT2D eigenvalue weighted by atomic mass is 32.2. The number of rotatable bonds is 10. The van der Waals surface area contributed by atoms with E-state index in [9.17, 15) is 13.2 Å². The molecular weight excluding hydrogens is 442 g/mol. The van der Waals surface area contributed by atoms with E-state index in [1.165, 1.54) is 9.87 Å². The second kappa shape index (κ2) is 11.4. The topological polar surface area (TPSA) is 88.2 Å². The van der Waals surface area contributed by atoms with Crippen LogP contribution in [0.1, 0.15) is 29.8 Å². The van der Waals surface area contributed by atoms with Gasteiger partial charge < -0.3 is 19.7 Å². The van der Waals surface area contributed by atoms with Gasteiger partial charge in [0.25, 0.3) is 5.91 Å². The Balaban J connectivity index is 1.51. The molecule has 33 heavy (non-hydrogen) atoms. The van der Waals surface area contributed by atoms with Crippen LogP contribution in [0.25, 0.3) is 0 Å². The van der Waals surface area contributed by atoms with E-state index in [1.54, 1.807) is 18.2 Å². The van der Waals surface area contributed by atoms with E-state index in [0.717, 1.165) is 5.69 Å². The van der Waals surface area contributed by atoms with E-state index >= 15 is 0 Å². The third-order valence-corrected chi connectivity index (χ3v) is 7.32. The van der Waals surface area contributed by atoms with Crippen molar-refractivity contribution in [2.75, 3.05) is 56.6 Å². The Morgan fingerprint density at radius 1 is 0.970 bits per heavy atom. The number of nitrogens with zero attached hydrogens (tertiary/aromatic N) is 2. The van der Waals surface area contributed by atoms with Gasteiger partial charge in [0, 0.05) is 44.0 Å². The Bertz CT molecular complexity index is 1050. The molecule has 1 saturated heterocycles. The monoisotopic (exact) mass is 475 g/mol. The lowest BCUT2D eigenvalue weighted by atomic mass is 10.2. The van der Waals surface area contributed by atoms with Crippen LogP contribution in [0.4, 0.5) is 5.69 Å². The summed E-state index contributed by atoms with van der Waals surface area (Å²) >= 11 is 0. The van der Waals surface area contributed by atoms with Crippen LogP contribution in [-0.4, -0.2) is 70.3 Å². The highest BCUT2D eigenvalue weighted by molar-refractivity contribution is 7.89. The molecule has 3 rings (SSSR count). The first kappa shape index (κ1) is 24.9. The number of carbonyl (C=O) groups is 1. The zero-order valence-electron chi connectivity index (χ0n) is 19.5. The highest BCUT2D eigenvalue weighted by Gasteiger charge is 2.27. The second-order valence-electron chi connectivity index (χ2n) is 7.82. The van der Waals surface area contributed by atoms with Crippen molar-refractivity contribution in [1.29, 1.82) is 0 Å². The van der Waals surface area contributed by atoms with Gasteiger partial charge in [0.2, 0.25) is 10.0 Å². The van der Waals surface area contributed by atoms with Crippen molar-refractivity contribution in [3.63, 3.8) is 0 Å². The minimum Gasteiger partial charge on any atom is -0.490 e. The van der Waals surface area contributed by atoms with Crippen molar-refractivity contribution in [3.8, 4) is 11.5 Å². The number of benzene rings is 2. The molecule has 1 N–H and O–H groups in total. The van der Waals surface area contributed by atoms with E-state index in [2.05, 4.69) is 16.3 Å². The summed E-state index contributed by atoms with van der Waals surface area (Å²) in [5.74, 6) is 0.575. The molecule has 0 aromatic heterocycles. The number of amides is 1. The molecule has 9 heteroatoms. The number of hydrogen-bond acceptors (Lipinski definition) is 6. The van der Waals surface area contributed by atoms with Gasteiger partial charge in [0.1, 0.15) is 0 Å². The minimum atomic E-state index is -3.46. The summed E-state index contributed by atoms with van der Waals surface area (Å²) in [6.07, 6.45) is 0. The number of ether oxygens (including phenoxy) is 2. The van der Waals surface area contributed by atoms with Gasteiger partial charge in [-0.15, -0.1) is 0 Å². The van der Waals surface area contributed by atoms with Crippen LogP contribution < -0.4 is 19.7 Å². The first-order valence-corrected chi connectivity index (χ1v) is 12.9. The Labute approximate surface area is 196 Å². The number of nitrogens with one attached hydrogen (secondary N) is 1. The first-order valence-electron chi connectivity index (χ1n) is 11.3. The van der Waals surface area contributed by atoms with Gasteiger partial charge in [0.15, 0.2) is 11.5 Å². The van der Waals surface area contributed by atoms with Crippen molar-refractivity contribution in [2.45, 2.75) is 20.8 Å². The quantitative estimate of drug-likeness (QED) is 0.569. The Hall–Kier alpha value is -2.78. The molecule has 0 saturated carbocycles. The van der Waals surface area contributed by atoms with Gasteiger partial charge in [0.05, 0.1) is 19.0 Å². The minimum absolute atomic E-state index is 0.0381. The average Bonchev–Trinajstić information content (AvgIpc) is 2.80. The molecule has 0 aliphatic carbocycles. The summed E-state index contributed by atoms with van der Waals surface area (Å²) < 4.78 is 38.1. The van der Waals surface area contributed by atoms with Gasteiger partial charge in [-0.2, -0.15) is 4.31 Å². The number of sulfonamides is 1. The largest absolute Gasteiger partial charge is 0.490 e. The first-order chi connectivity index (χ1) is 15.8. The molecule has 180 valence electrons. The molecule has 1 aliphatic rings. The van der Waals surface area contributed by atoms with Crippen molar-refractivity contribution in [3.05, 3.63) is 53.6 Å². The summed E-state index contributed by atoms with van der Waals surface area (Å²) in [5, 5.41) is 2.70.